The van der Waals surface area contributed by atoms with Crippen LogP contribution in [-0.4, -0.2) is 16.3 Å². The van der Waals surface area contributed by atoms with Gasteiger partial charge in [0, 0.05) is 19.5 Å². The van der Waals surface area contributed by atoms with Gasteiger partial charge in [0.1, 0.15) is 0 Å². The monoisotopic (exact) mass is 187 g/mol. The van der Waals surface area contributed by atoms with Gasteiger partial charge < -0.3 is 5.73 Å². The van der Waals surface area contributed by atoms with Crippen molar-refractivity contribution >= 4 is 11.6 Å². The lowest BCUT2D eigenvalue weighted by molar-refractivity contribution is 0.641. The molecule has 1 heterocycles. The molecular weight excluding hydrogens is 174 g/mol. The summed E-state index contributed by atoms with van der Waals surface area (Å²) in [5.41, 5.74) is 7.45. The standard InChI is InChI=1S/C8H14ClN3/c1-5(4-10)8-7(9)6(2)11-12(8)3/h5H,4,10H2,1-3H3. The first kappa shape index (κ1) is 9.55. The van der Waals surface area contributed by atoms with E-state index in [1.54, 1.807) is 4.68 Å². The summed E-state index contributed by atoms with van der Waals surface area (Å²) in [6.07, 6.45) is 0. The SMILES string of the molecule is Cc1nn(C)c(C(C)CN)c1Cl. The molecule has 0 radical (unpaired) electrons. The maximum atomic E-state index is 6.05. The lowest BCUT2D eigenvalue weighted by atomic mass is 10.1. The number of hydrogen-bond donors (Lipinski definition) is 1. The van der Waals surface area contributed by atoms with Crippen LogP contribution >= 0.6 is 11.6 Å². The van der Waals surface area contributed by atoms with Gasteiger partial charge in [0.05, 0.1) is 16.4 Å². The van der Waals surface area contributed by atoms with E-state index >= 15 is 0 Å². The fraction of sp³-hybridized carbons (Fsp3) is 0.625. The molecule has 0 fully saturated rings. The van der Waals surface area contributed by atoms with Crippen molar-refractivity contribution < 1.29 is 0 Å². The number of hydrogen-bond acceptors (Lipinski definition) is 2. The van der Waals surface area contributed by atoms with Crippen molar-refractivity contribution in [1.29, 1.82) is 0 Å². The van der Waals surface area contributed by atoms with E-state index in [2.05, 4.69) is 5.10 Å². The average molecular weight is 188 g/mol. The van der Waals surface area contributed by atoms with E-state index in [9.17, 15) is 0 Å². The second kappa shape index (κ2) is 3.46. The molecule has 0 saturated carbocycles. The zero-order valence-electron chi connectivity index (χ0n) is 7.63. The predicted octanol–water partition coefficient (Wildman–Crippen LogP) is 1.44. The van der Waals surface area contributed by atoms with Crippen LogP contribution in [0.5, 0.6) is 0 Å². The predicted molar refractivity (Wildman–Crippen MR) is 50.4 cm³/mol. The number of rotatable bonds is 2. The molecule has 1 aromatic rings. The third kappa shape index (κ3) is 1.47. The third-order valence-corrected chi connectivity index (χ3v) is 2.48. The normalized spacial score (nSPS) is 13.4. The topological polar surface area (TPSA) is 43.8 Å². The fourth-order valence-electron chi connectivity index (χ4n) is 1.30. The van der Waals surface area contributed by atoms with Gasteiger partial charge in [0.2, 0.25) is 0 Å². The average Bonchev–Trinajstić information content (AvgIpc) is 2.26. The van der Waals surface area contributed by atoms with Crippen LogP contribution < -0.4 is 5.73 Å². The molecule has 1 aromatic heterocycles. The van der Waals surface area contributed by atoms with Crippen molar-refractivity contribution in [2.45, 2.75) is 19.8 Å². The molecular formula is C8H14ClN3. The number of nitrogens with zero attached hydrogens (tertiary/aromatic N) is 2. The Morgan fingerprint density at radius 2 is 2.25 bits per heavy atom. The molecule has 0 aromatic carbocycles. The quantitative estimate of drug-likeness (QED) is 0.762. The van der Waals surface area contributed by atoms with Gasteiger partial charge >= 0.3 is 0 Å². The highest BCUT2D eigenvalue weighted by Gasteiger charge is 2.15. The van der Waals surface area contributed by atoms with Gasteiger partial charge in [-0.3, -0.25) is 4.68 Å². The Hall–Kier alpha value is -0.540. The minimum Gasteiger partial charge on any atom is -0.330 e. The van der Waals surface area contributed by atoms with Crippen LogP contribution in [0.15, 0.2) is 0 Å². The Kier molecular flexibility index (Phi) is 2.75. The first-order valence-electron chi connectivity index (χ1n) is 3.97. The highest BCUT2D eigenvalue weighted by atomic mass is 35.5. The molecule has 0 bridgehead atoms. The van der Waals surface area contributed by atoms with E-state index in [0.29, 0.717) is 6.54 Å². The summed E-state index contributed by atoms with van der Waals surface area (Å²) in [6, 6.07) is 0. The van der Waals surface area contributed by atoms with Crippen LogP contribution in [0.25, 0.3) is 0 Å². The van der Waals surface area contributed by atoms with Gasteiger partial charge in [-0.15, -0.1) is 0 Å². The van der Waals surface area contributed by atoms with Gasteiger partial charge in [0.25, 0.3) is 0 Å². The second-order valence-corrected chi connectivity index (χ2v) is 3.42. The summed E-state index contributed by atoms with van der Waals surface area (Å²) in [4.78, 5) is 0. The van der Waals surface area contributed by atoms with Crippen LogP contribution in [0, 0.1) is 6.92 Å². The molecule has 0 aliphatic rings. The zero-order chi connectivity index (χ0) is 9.30. The van der Waals surface area contributed by atoms with Crippen LogP contribution in [0.3, 0.4) is 0 Å². The first-order valence-corrected chi connectivity index (χ1v) is 4.34. The molecule has 1 rings (SSSR count). The number of aromatic nitrogens is 2. The molecule has 0 saturated heterocycles. The van der Waals surface area contributed by atoms with Gasteiger partial charge in [-0.05, 0) is 6.92 Å². The van der Waals surface area contributed by atoms with Crippen molar-refractivity contribution in [1.82, 2.24) is 9.78 Å². The van der Waals surface area contributed by atoms with E-state index in [-0.39, 0.29) is 5.92 Å². The molecule has 68 valence electrons. The first-order chi connectivity index (χ1) is 5.57. The van der Waals surface area contributed by atoms with E-state index in [1.165, 1.54) is 0 Å². The second-order valence-electron chi connectivity index (χ2n) is 3.04. The lowest BCUT2D eigenvalue weighted by Gasteiger charge is -2.08. The molecule has 1 unspecified atom stereocenters. The Balaban J connectivity index is 3.13. The van der Waals surface area contributed by atoms with Crippen molar-refractivity contribution in [2.24, 2.45) is 12.8 Å². The minimum atomic E-state index is 0.267. The van der Waals surface area contributed by atoms with E-state index in [4.69, 9.17) is 17.3 Å². The maximum Gasteiger partial charge on any atom is 0.0850 e. The maximum absolute atomic E-state index is 6.05. The molecule has 0 aliphatic heterocycles. The van der Waals surface area contributed by atoms with Crippen molar-refractivity contribution in [2.75, 3.05) is 6.54 Å². The number of aryl methyl sites for hydroxylation is 2. The van der Waals surface area contributed by atoms with Crippen molar-refractivity contribution in [3.63, 3.8) is 0 Å². The summed E-state index contributed by atoms with van der Waals surface area (Å²) < 4.78 is 1.80. The Morgan fingerprint density at radius 1 is 1.67 bits per heavy atom. The zero-order valence-corrected chi connectivity index (χ0v) is 8.39. The highest BCUT2D eigenvalue weighted by Crippen LogP contribution is 2.25. The van der Waals surface area contributed by atoms with Crippen molar-refractivity contribution in [3.05, 3.63) is 16.4 Å². The minimum absolute atomic E-state index is 0.267. The summed E-state index contributed by atoms with van der Waals surface area (Å²) >= 11 is 6.05. The van der Waals surface area contributed by atoms with Crippen LogP contribution in [0.4, 0.5) is 0 Å². The van der Waals surface area contributed by atoms with E-state index in [1.807, 2.05) is 20.9 Å². The highest BCUT2D eigenvalue weighted by molar-refractivity contribution is 6.31. The van der Waals surface area contributed by atoms with Gasteiger partial charge in [0.15, 0.2) is 0 Å². The van der Waals surface area contributed by atoms with Gasteiger partial charge in [-0.2, -0.15) is 5.10 Å². The van der Waals surface area contributed by atoms with Crippen LogP contribution in [0.2, 0.25) is 5.02 Å². The Labute approximate surface area is 77.5 Å². The van der Waals surface area contributed by atoms with E-state index < -0.39 is 0 Å². The van der Waals surface area contributed by atoms with Crippen LogP contribution in [0.1, 0.15) is 24.2 Å². The molecule has 0 spiro atoms. The molecule has 0 amide bonds. The number of nitrogens with two attached hydrogens (primary N) is 1. The largest absolute Gasteiger partial charge is 0.330 e. The molecule has 12 heavy (non-hydrogen) atoms. The van der Waals surface area contributed by atoms with Gasteiger partial charge in [-0.1, -0.05) is 18.5 Å². The van der Waals surface area contributed by atoms with E-state index in [0.717, 1.165) is 16.4 Å². The van der Waals surface area contributed by atoms with Crippen molar-refractivity contribution in [3.8, 4) is 0 Å². The summed E-state index contributed by atoms with van der Waals surface area (Å²) in [6.45, 7) is 4.54. The van der Waals surface area contributed by atoms with Crippen LogP contribution in [-0.2, 0) is 7.05 Å². The molecule has 3 nitrogen and oxygen atoms in total. The summed E-state index contributed by atoms with van der Waals surface area (Å²) in [5, 5.41) is 4.95. The molecule has 2 N–H and O–H groups in total. The third-order valence-electron chi connectivity index (χ3n) is 2.01. The summed E-state index contributed by atoms with van der Waals surface area (Å²) in [5.74, 6) is 0.267. The lowest BCUT2D eigenvalue weighted by Crippen LogP contribution is -2.13. The van der Waals surface area contributed by atoms with Gasteiger partial charge in [-0.25, -0.2) is 0 Å². The fourth-order valence-corrected chi connectivity index (χ4v) is 1.64. The smallest absolute Gasteiger partial charge is 0.0850 e. The Bertz CT molecular complexity index is 280. The Morgan fingerprint density at radius 3 is 2.58 bits per heavy atom. The molecule has 1 atom stereocenters. The molecule has 0 aliphatic carbocycles. The summed E-state index contributed by atoms with van der Waals surface area (Å²) in [7, 11) is 1.89. The molecule has 4 heteroatoms. The number of halogens is 1.